The summed E-state index contributed by atoms with van der Waals surface area (Å²) in [6, 6.07) is -0.786. The monoisotopic (exact) mass is 270 g/mol. The predicted octanol–water partition coefficient (Wildman–Crippen LogP) is 1.28. The molecular weight excluding hydrogens is 256 g/mol. The van der Waals surface area contributed by atoms with Gasteiger partial charge in [-0.25, -0.2) is 4.79 Å². The molecule has 18 heavy (non-hydrogen) atoms. The van der Waals surface area contributed by atoms with Crippen LogP contribution in [0.4, 0.5) is 0 Å². The zero-order valence-corrected chi connectivity index (χ0v) is 11.2. The van der Waals surface area contributed by atoms with Crippen LogP contribution in [-0.2, 0) is 4.79 Å². The lowest BCUT2D eigenvalue weighted by atomic mass is 10.1. The van der Waals surface area contributed by atoms with Gasteiger partial charge in [-0.3, -0.25) is 4.79 Å². The molecule has 1 fully saturated rings. The minimum atomic E-state index is -0.980. The predicted molar refractivity (Wildman–Crippen MR) is 65.5 cm³/mol. The second kappa shape index (κ2) is 4.64. The Morgan fingerprint density at radius 3 is 2.67 bits per heavy atom. The van der Waals surface area contributed by atoms with E-state index in [4.69, 9.17) is 9.63 Å². The van der Waals surface area contributed by atoms with E-state index in [0.29, 0.717) is 22.8 Å². The van der Waals surface area contributed by atoms with Crippen molar-refractivity contribution in [2.45, 2.75) is 32.2 Å². The van der Waals surface area contributed by atoms with Crippen molar-refractivity contribution < 1.29 is 19.2 Å². The van der Waals surface area contributed by atoms with E-state index < -0.39 is 12.0 Å². The molecule has 1 aromatic rings. The molecule has 2 atom stereocenters. The molecule has 1 N–H and O–H groups in total. The van der Waals surface area contributed by atoms with Gasteiger partial charge in [-0.2, -0.15) is 0 Å². The van der Waals surface area contributed by atoms with Gasteiger partial charge in [0.1, 0.15) is 17.4 Å². The third-order valence-electron chi connectivity index (χ3n) is 2.99. The summed E-state index contributed by atoms with van der Waals surface area (Å²) < 4.78 is 4.96. The van der Waals surface area contributed by atoms with Crippen LogP contribution in [0.3, 0.4) is 0 Å². The highest BCUT2D eigenvalue weighted by atomic mass is 32.2. The summed E-state index contributed by atoms with van der Waals surface area (Å²) in [7, 11) is 0. The minimum Gasteiger partial charge on any atom is -0.480 e. The molecular formula is C11H14N2O4S. The summed E-state index contributed by atoms with van der Waals surface area (Å²) >= 11 is 1.45. The minimum absolute atomic E-state index is 0.160. The third-order valence-corrected chi connectivity index (χ3v) is 4.21. The maximum absolute atomic E-state index is 12.4. The number of nitrogens with zero attached hydrogens (tertiary/aromatic N) is 2. The summed E-state index contributed by atoms with van der Waals surface area (Å²) in [4.78, 5) is 25.0. The standard InChI is InChI=1S/C11H14N2O4S/c1-5-9(6(2)17-12-5)10(14)13-7(3)18-4-8(13)11(15)16/h7-8H,4H2,1-3H3,(H,15,16). The number of rotatable bonds is 2. The van der Waals surface area contributed by atoms with Gasteiger partial charge in [0.05, 0.1) is 11.1 Å². The number of carboxylic acid groups (broad SMARTS) is 1. The number of aliphatic carboxylic acids is 1. The average molecular weight is 270 g/mol. The van der Waals surface area contributed by atoms with Crippen molar-refractivity contribution in [2.75, 3.05) is 5.75 Å². The van der Waals surface area contributed by atoms with Crippen LogP contribution < -0.4 is 0 Å². The number of hydrogen-bond acceptors (Lipinski definition) is 5. The first kappa shape index (κ1) is 12.9. The van der Waals surface area contributed by atoms with Crippen LogP contribution in [0.2, 0.25) is 0 Å². The number of hydrogen-bond donors (Lipinski definition) is 1. The molecule has 7 heteroatoms. The third kappa shape index (κ3) is 1.98. The van der Waals surface area contributed by atoms with Gasteiger partial charge in [0, 0.05) is 5.75 Å². The molecule has 6 nitrogen and oxygen atoms in total. The molecule has 98 valence electrons. The maximum atomic E-state index is 12.4. The van der Waals surface area contributed by atoms with Crippen molar-refractivity contribution >= 4 is 23.6 Å². The highest BCUT2D eigenvalue weighted by Crippen LogP contribution is 2.31. The zero-order valence-electron chi connectivity index (χ0n) is 10.3. The molecule has 1 saturated heterocycles. The average Bonchev–Trinajstić information content (AvgIpc) is 2.82. The number of carboxylic acids is 1. The molecule has 0 spiro atoms. The van der Waals surface area contributed by atoms with Gasteiger partial charge in [-0.15, -0.1) is 11.8 Å². The van der Waals surface area contributed by atoms with E-state index in [9.17, 15) is 9.59 Å². The van der Waals surface area contributed by atoms with E-state index >= 15 is 0 Å². The fourth-order valence-corrected chi connectivity index (χ4v) is 3.23. The number of aromatic nitrogens is 1. The molecule has 0 radical (unpaired) electrons. The summed E-state index contributed by atoms with van der Waals surface area (Å²) in [6.45, 7) is 5.15. The molecule has 1 aliphatic heterocycles. The number of aryl methyl sites for hydroxylation is 2. The molecule has 2 unspecified atom stereocenters. The van der Waals surface area contributed by atoms with E-state index in [0.717, 1.165) is 0 Å². The second-order valence-electron chi connectivity index (χ2n) is 4.20. The van der Waals surface area contributed by atoms with Gasteiger partial charge in [0.15, 0.2) is 0 Å². The lowest BCUT2D eigenvalue weighted by molar-refractivity contribution is -0.141. The smallest absolute Gasteiger partial charge is 0.327 e. The Bertz CT molecular complexity index is 480. The molecule has 1 aromatic heterocycles. The van der Waals surface area contributed by atoms with E-state index in [2.05, 4.69) is 5.16 Å². The Morgan fingerprint density at radius 1 is 1.50 bits per heavy atom. The van der Waals surface area contributed by atoms with Crippen LogP contribution in [0.1, 0.15) is 28.7 Å². The van der Waals surface area contributed by atoms with Crippen molar-refractivity contribution in [3.05, 3.63) is 17.0 Å². The van der Waals surface area contributed by atoms with Crippen LogP contribution in [-0.4, -0.2) is 44.2 Å². The maximum Gasteiger partial charge on any atom is 0.327 e. The summed E-state index contributed by atoms with van der Waals surface area (Å²) in [6.07, 6.45) is 0. The molecule has 2 heterocycles. The molecule has 1 amide bonds. The first-order valence-corrected chi connectivity index (χ1v) is 6.58. The van der Waals surface area contributed by atoms with Crippen molar-refractivity contribution in [1.29, 1.82) is 0 Å². The van der Waals surface area contributed by atoms with Crippen molar-refractivity contribution in [1.82, 2.24) is 10.1 Å². The first-order chi connectivity index (χ1) is 8.43. The second-order valence-corrected chi connectivity index (χ2v) is 5.55. The van der Waals surface area contributed by atoms with Crippen molar-refractivity contribution in [3.63, 3.8) is 0 Å². The number of carbonyl (C=O) groups is 2. The molecule has 0 saturated carbocycles. The fourth-order valence-electron chi connectivity index (χ4n) is 2.06. The lowest BCUT2D eigenvalue weighted by Gasteiger charge is -2.24. The van der Waals surface area contributed by atoms with Gasteiger partial charge in [-0.05, 0) is 20.8 Å². The largest absolute Gasteiger partial charge is 0.480 e. The summed E-state index contributed by atoms with van der Waals surface area (Å²) in [5.74, 6) is -0.472. The normalized spacial score (nSPS) is 23.4. The van der Waals surface area contributed by atoms with Crippen LogP contribution >= 0.6 is 11.8 Å². The van der Waals surface area contributed by atoms with Gasteiger partial charge in [0.2, 0.25) is 0 Å². The van der Waals surface area contributed by atoms with Gasteiger partial charge >= 0.3 is 5.97 Å². The van der Waals surface area contributed by atoms with Gasteiger partial charge in [-0.1, -0.05) is 5.16 Å². The van der Waals surface area contributed by atoms with Crippen LogP contribution in [0, 0.1) is 13.8 Å². The van der Waals surface area contributed by atoms with Gasteiger partial charge < -0.3 is 14.5 Å². The topological polar surface area (TPSA) is 83.6 Å². The van der Waals surface area contributed by atoms with E-state index in [1.54, 1.807) is 13.8 Å². The fraction of sp³-hybridized carbons (Fsp3) is 0.545. The number of amides is 1. The number of carbonyl (C=O) groups excluding carboxylic acids is 1. The molecule has 0 aliphatic carbocycles. The van der Waals surface area contributed by atoms with E-state index in [1.807, 2.05) is 6.92 Å². The summed E-state index contributed by atoms with van der Waals surface area (Å²) in [5, 5.41) is 12.7. The molecule has 0 aromatic carbocycles. The quantitative estimate of drug-likeness (QED) is 0.871. The highest BCUT2D eigenvalue weighted by Gasteiger charge is 2.41. The van der Waals surface area contributed by atoms with Crippen molar-refractivity contribution in [2.24, 2.45) is 0 Å². The molecule has 1 aliphatic rings. The summed E-state index contributed by atoms with van der Waals surface area (Å²) in [5.41, 5.74) is 0.862. The van der Waals surface area contributed by atoms with Crippen LogP contribution in [0.5, 0.6) is 0 Å². The molecule has 0 bridgehead atoms. The van der Waals surface area contributed by atoms with Crippen LogP contribution in [0.15, 0.2) is 4.52 Å². The Balaban J connectivity index is 2.35. The van der Waals surface area contributed by atoms with E-state index in [-0.39, 0.29) is 11.3 Å². The Hall–Kier alpha value is -1.50. The Labute approximate surface area is 108 Å². The van der Waals surface area contributed by atoms with E-state index in [1.165, 1.54) is 16.7 Å². The number of thioether (sulfide) groups is 1. The lowest BCUT2D eigenvalue weighted by Crippen LogP contribution is -2.45. The van der Waals surface area contributed by atoms with Crippen molar-refractivity contribution in [3.8, 4) is 0 Å². The van der Waals surface area contributed by atoms with Crippen LogP contribution in [0.25, 0.3) is 0 Å². The zero-order chi connectivity index (χ0) is 13.4. The highest BCUT2D eigenvalue weighted by molar-refractivity contribution is 8.00. The first-order valence-electron chi connectivity index (χ1n) is 5.53. The van der Waals surface area contributed by atoms with Gasteiger partial charge in [0.25, 0.3) is 5.91 Å². The Morgan fingerprint density at radius 2 is 2.17 bits per heavy atom. The SMILES string of the molecule is Cc1noc(C)c1C(=O)N1C(C)SCC1C(=O)O. The molecule has 2 rings (SSSR count). The Kier molecular flexibility index (Phi) is 3.34.